The van der Waals surface area contributed by atoms with Crippen LogP contribution in [0.2, 0.25) is 5.15 Å². The third kappa shape index (κ3) is 7.28. The number of nitrogens with zero attached hydrogens (tertiary/aromatic N) is 3. The molecule has 2 heterocycles. The highest BCUT2D eigenvalue weighted by Crippen LogP contribution is 2.24. The van der Waals surface area contributed by atoms with Crippen LogP contribution < -0.4 is 4.74 Å². The molecule has 6 nitrogen and oxygen atoms in total. The molecule has 0 radical (unpaired) electrons. The van der Waals surface area contributed by atoms with E-state index in [1.165, 1.54) is 0 Å². The maximum atomic E-state index is 12.1. The second-order valence-electron chi connectivity index (χ2n) is 7.71. The molecule has 0 atom stereocenters. The molecule has 0 aliphatic rings. The van der Waals surface area contributed by atoms with E-state index in [0.29, 0.717) is 29.8 Å². The minimum Gasteiger partial charge on any atom is -0.473 e. The Bertz CT molecular complexity index is 1210. The summed E-state index contributed by atoms with van der Waals surface area (Å²) in [7, 11) is 0. The van der Waals surface area contributed by atoms with Gasteiger partial charge in [0.15, 0.2) is 0 Å². The number of pyridine rings is 2. The number of aryl methyl sites for hydroxylation is 3. The predicted molar refractivity (Wildman–Crippen MR) is 134 cm³/mol. The molecule has 0 spiro atoms. The van der Waals surface area contributed by atoms with Gasteiger partial charge in [0.2, 0.25) is 5.88 Å². The minimum atomic E-state index is -0.233. The van der Waals surface area contributed by atoms with Gasteiger partial charge in [0, 0.05) is 21.8 Å². The molecule has 0 saturated carbocycles. The van der Waals surface area contributed by atoms with E-state index in [0.717, 1.165) is 45.3 Å². The molecular weight excluding hydrogens is 518 g/mol. The zero-order valence-corrected chi connectivity index (χ0v) is 21.4. The second kappa shape index (κ2) is 12.5. The lowest BCUT2D eigenvalue weighted by Gasteiger charge is -2.13. The van der Waals surface area contributed by atoms with Crippen molar-refractivity contribution >= 4 is 33.5 Å². The smallest absolute Gasteiger partial charge is 0.310 e. The van der Waals surface area contributed by atoms with Crippen LogP contribution in [-0.2, 0) is 35.4 Å². The van der Waals surface area contributed by atoms with Crippen molar-refractivity contribution in [3.8, 4) is 11.9 Å². The van der Waals surface area contributed by atoms with Gasteiger partial charge in [0.1, 0.15) is 23.5 Å². The fraction of sp³-hybridized carbons (Fsp3) is 0.308. The van der Waals surface area contributed by atoms with Crippen LogP contribution in [0, 0.1) is 18.3 Å². The van der Waals surface area contributed by atoms with Crippen LogP contribution in [0.5, 0.6) is 5.88 Å². The van der Waals surface area contributed by atoms with E-state index in [1.54, 1.807) is 31.2 Å². The summed E-state index contributed by atoms with van der Waals surface area (Å²) in [6.07, 6.45) is 2.44. The third-order valence-electron chi connectivity index (χ3n) is 5.23. The average Bonchev–Trinajstić information content (AvgIpc) is 2.81. The van der Waals surface area contributed by atoms with E-state index in [9.17, 15) is 10.1 Å². The van der Waals surface area contributed by atoms with Crippen molar-refractivity contribution in [3.63, 3.8) is 0 Å². The van der Waals surface area contributed by atoms with Crippen LogP contribution in [-0.4, -0.2) is 22.5 Å². The van der Waals surface area contributed by atoms with E-state index in [2.05, 4.69) is 38.0 Å². The Morgan fingerprint density at radius 3 is 2.68 bits per heavy atom. The normalized spacial score (nSPS) is 10.6. The molecule has 0 fully saturated rings. The third-order valence-corrected chi connectivity index (χ3v) is 6.29. The molecule has 3 aromatic rings. The Hall–Kier alpha value is -2.95. The number of ether oxygens (including phenoxy) is 2. The minimum absolute atomic E-state index is 0.233. The van der Waals surface area contributed by atoms with Crippen LogP contribution in [0.4, 0.5) is 0 Å². The Kier molecular flexibility index (Phi) is 9.43. The first kappa shape index (κ1) is 25.7. The molecule has 34 heavy (non-hydrogen) atoms. The van der Waals surface area contributed by atoms with E-state index >= 15 is 0 Å². The summed E-state index contributed by atoms with van der Waals surface area (Å²) in [5.74, 6) is 0.193. The summed E-state index contributed by atoms with van der Waals surface area (Å²) in [6.45, 7) is 4.43. The van der Waals surface area contributed by atoms with Crippen molar-refractivity contribution in [2.75, 3.05) is 6.61 Å². The van der Waals surface area contributed by atoms with Gasteiger partial charge in [-0.15, -0.1) is 0 Å². The largest absolute Gasteiger partial charge is 0.473 e. The lowest BCUT2D eigenvalue weighted by Crippen LogP contribution is -2.10. The number of hydrogen-bond donors (Lipinski definition) is 0. The van der Waals surface area contributed by atoms with E-state index in [4.69, 9.17) is 21.1 Å². The summed E-state index contributed by atoms with van der Waals surface area (Å²) in [5, 5.41) is 9.66. The number of hydrogen-bond acceptors (Lipinski definition) is 6. The van der Waals surface area contributed by atoms with Gasteiger partial charge >= 0.3 is 5.97 Å². The lowest BCUT2D eigenvalue weighted by atomic mass is 9.96. The number of carbonyl (C=O) groups is 1. The first-order valence-corrected chi connectivity index (χ1v) is 12.1. The van der Waals surface area contributed by atoms with Crippen LogP contribution in [0.1, 0.15) is 47.0 Å². The molecule has 0 saturated heterocycles. The number of carbonyl (C=O) groups excluding carboxylic acids is 1. The van der Waals surface area contributed by atoms with Crippen LogP contribution >= 0.6 is 27.5 Å². The van der Waals surface area contributed by atoms with Gasteiger partial charge in [-0.1, -0.05) is 45.7 Å². The number of benzene rings is 1. The van der Waals surface area contributed by atoms with Crippen LogP contribution in [0.25, 0.3) is 0 Å². The van der Waals surface area contributed by atoms with Gasteiger partial charge in [0.05, 0.1) is 13.0 Å². The van der Waals surface area contributed by atoms with Gasteiger partial charge in [0.25, 0.3) is 0 Å². The van der Waals surface area contributed by atoms with Crippen molar-refractivity contribution in [2.24, 2.45) is 0 Å². The van der Waals surface area contributed by atoms with Crippen molar-refractivity contribution in [1.82, 2.24) is 9.97 Å². The van der Waals surface area contributed by atoms with E-state index in [-0.39, 0.29) is 19.0 Å². The SMILES string of the molecule is CCOC(=O)Cc1cc(C)c(Br)cc1CCCc1nc(C#N)ccc1COc1cccc(Cl)n1. The number of esters is 1. The highest BCUT2D eigenvalue weighted by atomic mass is 79.9. The molecule has 0 aliphatic heterocycles. The van der Waals surface area contributed by atoms with E-state index in [1.807, 2.05) is 19.1 Å². The lowest BCUT2D eigenvalue weighted by molar-refractivity contribution is -0.142. The van der Waals surface area contributed by atoms with Crippen LogP contribution in [0.3, 0.4) is 0 Å². The standard InChI is InChI=1S/C26H25BrClN3O3/c1-3-33-26(32)14-20-12-17(2)22(27)13-18(20)6-4-7-23-19(10-11-21(15-29)30-23)16-34-25-9-5-8-24(28)31-25/h5,8-13H,3-4,6-7,14,16H2,1-2H3. The van der Waals surface area contributed by atoms with Gasteiger partial charge in [-0.25, -0.2) is 9.97 Å². The predicted octanol–water partition coefficient (Wildman–Crippen LogP) is 5.93. The summed E-state index contributed by atoms with van der Waals surface area (Å²) < 4.78 is 11.9. The average molecular weight is 543 g/mol. The first-order chi connectivity index (χ1) is 16.4. The molecule has 0 bridgehead atoms. The van der Waals surface area contributed by atoms with Gasteiger partial charge in [-0.3, -0.25) is 4.79 Å². The Morgan fingerprint density at radius 1 is 1.12 bits per heavy atom. The van der Waals surface area contributed by atoms with Crippen LogP contribution in [0.15, 0.2) is 46.9 Å². The Labute approximate surface area is 213 Å². The van der Waals surface area contributed by atoms with Gasteiger partial charge in [-0.2, -0.15) is 5.26 Å². The molecule has 176 valence electrons. The fourth-order valence-electron chi connectivity index (χ4n) is 3.56. The molecular formula is C26H25BrClN3O3. The molecule has 0 N–H and O–H groups in total. The monoisotopic (exact) mass is 541 g/mol. The highest BCUT2D eigenvalue weighted by molar-refractivity contribution is 9.10. The number of halogens is 2. The van der Waals surface area contributed by atoms with Crippen molar-refractivity contribution in [1.29, 1.82) is 5.26 Å². The highest BCUT2D eigenvalue weighted by Gasteiger charge is 2.13. The van der Waals surface area contributed by atoms with Gasteiger partial charge < -0.3 is 9.47 Å². The van der Waals surface area contributed by atoms with Crippen molar-refractivity contribution in [2.45, 2.75) is 46.1 Å². The maximum Gasteiger partial charge on any atom is 0.310 e. The molecule has 0 amide bonds. The summed E-state index contributed by atoms with van der Waals surface area (Å²) in [4.78, 5) is 20.7. The van der Waals surface area contributed by atoms with E-state index < -0.39 is 0 Å². The Morgan fingerprint density at radius 2 is 1.94 bits per heavy atom. The molecule has 0 aliphatic carbocycles. The molecule has 0 unspecified atom stereocenters. The zero-order valence-electron chi connectivity index (χ0n) is 19.1. The quantitative estimate of drug-likeness (QED) is 0.233. The molecule has 3 rings (SSSR count). The number of rotatable bonds is 10. The summed E-state index contributed by atoms with van der Waals surface area (Å²) in [6, 6.07) is 14.9. The fourth-order valence-corrected chi connectivity index (χ4v) is 4.10. The maximum absolute atomic E-state index is 12.1. The number of nitriles is 1. The summed E-state index contributed by atoms with van der Waals surface area (Å²) in [5.41, 5.74) is 5.18. The topological polar surface area (TPSA) is 85.1 Å². The second-order valence-corrected chi connectivity index (χ2v) is 8.95. The molecule has 1 aromatic carbocycles. The van der Waals surface area contributed by atoms with Crippen molar-refractivity contribution in [3.05, 3.63) is 85.7 Å². The summed E-state index contributed by atoms with van der Waals surface area (Å²) >= 11 is 9.53. The zero-order chi connectivity index (χ0) is 24.5. The number of aromatic nitrogens is 2. The van der Waals surface area contributed by atoms with Crippen molar-refractivity contribution < 1.29 is 14.3 Å². The molecule has 2 aromatic heterocycles. The Balaban J connectivity index is 1.73. The van der Waals surface area contributed by atoms with Gasteiger partial charge in [-0.05, 0) is 68.0 Å². The first-order valence-electron chi connectivity index (χ1n) is 11.0. The molecule has 8 heteroatoms.